The highest BCUT2D eigenvalue weighted by molar-refractivity contribution is 4.93. The normalized spacial score (nSPS) is 35.6. The van der Waals surface area contributed by atoms with Crippen molar-refractivity contribution in [2.24, 2.45) is 17.1 Å². The summed E-state index contributed by atoms with van der Waals surface area (Å²) in [5.74, 6) is 0.884. The van der Waals surface area contributed by atoms with Crippen LogP contribution in [0.2, 0.25) is 0 Å². The lowest BCUT2D eigenvalue weighted by atomic mass is 9.69. The predicted molar refractivity (Wildman–Crippen MR) is 69.4 cm³/mol. The lowest BCUT2D eigenvalue weighted by molar-refractivity contribution is 0.0869. The maximum absolute atomic E-state index is 6.10. The van der Waals surface area contributed by atoms with E-state index in [1.54, 1.807) is 0 Å². The van der Waals surface area contributed by atoms with Crippen molar-refractivity contribution in [1.82, 2.24) is 4.90 Å². The van der Waals surface area contributed by atoms with Crippen LogP contribution in [0.5, 0.6) is 0 Å². The Hall–Kier alpha value is -0.0800. The molecule has 0 saturated heterocycles. The molecule has 2 aliphatic rings. The van der Waals surface area contributed by atoms with Gasteiger partial charge < -0.3 is 10.6 Å². The van der Waals surface area contributed by atoms with E-state index in [1.807, 2.05) is 0 Å². The van der Waals surface area contributed by atoms with E-state index in [0.29, 0.717) is 5.41 Å². The van der Waals surface area contributed by atoms with Gasteiger partial charge in [0.25, 0.3) is 0 Å². The lowest BCUT2D eigenvalue weighted by Crippen LogP contribution is -2.46. The van der Waals surface area contributed by atoms with Gasteiger partial charge >= 0.3 is 0 Å². The SMILES string of the molecule is CCN(CC1(CN)CCCC(C)C1)C1CC1. The Balaban J connectivity index is 1.96. The van der Waals surface area contributed by atoms with Crippen molar-refractivity contribution in [3.63, 3.8) is 0 Å². The fraction of sp³-hybridized carbons (Fsp3) is 1.00. The highest BCUT2D eigenvalue weighted by Gasteiger charge is 2.38. The Labute approximate surface area is 101 Å². The number of nitrogens with two attached hydrogens (primary N) is 1. The molecule has 94 valence electrons. The van der Waals surface area contributed by atoms with Crippen molar-refractivity contribution in [2.45, 2.75) is 58.4 Å². The van der Waals surface area contributed by atoms with Crippen molar-refractivity contribution < 1.29 is 0 Å². The van der Waals surface area contributed by atoms with E-state index in [0.717, 1.165) is 18.5 Å². The van der Waals surface area contributed by atoms with Gasteiger partial charge in [-0.3, -0.25) is 0 Å². The first-order chi connectivity index (χ1) is 7.69. The summed E-state index contributed by atoms with van der Waals surface area (Å²) >= 11 is 0. The summed E-state index contributed by atoms with van der Waals surface area (Å²) in [5.41, 5.74) is 6.54. The van der Waals surface area contributed by atoms with Gasteiger partial charge in [-0.05, 0) is 50.1 Å². The van der Waals surface area contributed by atoms with Crippen LogP contribution in [0.25, 0.3) is 0 Å². The van der Waals surface area contributed by atoms with E-state index in [9.17, 15) is 0 Å². The zero-order valence-corrected chi connectivity index (χ0v) is 11.0. The molecule has 0 heterocycles. The summed E-state index contributed by atoms with van der Waals surface area (Å²) < 4.78 is 0. The first-order valence-electron chi connectivity index (χ1n) is 7.13. The van der Waals surface area contributed by atoms with Gasteiger partial charge in [0.1, 0.15) is 0 Å². The van der Waals surface area contributed by atoms with E-state index in [4.69, 9.17) is 5.73 Å². The minimum Gasteiger partial charge on any atom is -0.330 e. The zero-order chi connectivity index (χ0) is 11.6. The average Bonchev–Trinajstić information content (AvgIpc) is 3.10. The fourth-order valence-electron chi connectivity index (χ4n) is 3.53. The number of nitrogens with zero attached hydrogens (tertiary/aromatic N) is 1. The monoisotopic (exact) mass is 224 g/mol. The molecule has 0 spiro atoms. The molecule has 2 unspecified atom stereocenters. The van der Waals surface area contributed by atoms with Gasteiger partial charge in [-0.2, -0.15) is 0 Å². The summed E-state index contributed by atoms with van der Waals surface area (Å²) in [5, 5.41) is 0. The van der Waals surface area contributed by atoms with E-state index in [1.165, 1.54) is 51.6 Å². The van der Waals surface area contributed by atoms with Crippen LogP contribution in [0, 0.1) is 11.3 Å². The summed E-state index contributed by atoms with van der Waals surface area (Å²) in [6.45, 7) is 8.06. The quantitative estimate of drug-likeness (QED) is 0.778. The Morgan fingerprint density at radius 3 is 2.56 bits per heavy atom. The molecular weight excluding hydrogens is 196 g/mol. The fourth-order valence-corrected chi connectivity index (χ4v) is 3.53. The van der Waals surface area contributed by atoms with Crippen LogP contribution in [0.4, 0.5) is 0 Å². The van der Waals surface area contributed by atoms with Crippen molar-refractivity contribution in [3.05, 3.63) is 0 Å². The molecule has 2 N–H and O–H groups in total. The molecule has 0 aliphatic heterocycles. The minimum atomic E-state index is 0.441. The van der Waals surface area contributed by atoms with Gasteiger partial charge in [-0.25, -0.2) is 0 Å². The number of rotatable bonds is 5. The molecule has 2 nitrogen and oxygen atoms in total. The molecule has 0 aromatic rings. The highest BCUT2D eigenvalue weighted by Crippen LogP contribution is 2.41. The van der Waals surface area contributed by atoms with Crippen LogP contribution in [0.15, 0.2) is 0 Å². The average molecular weight is 224 g/mol. The second-order valence-corrected chi connectivity index (χ2v) is 6.20. The van der Waals surface area contributed by atoms with Gasteiger partial charge in [0.05, 0.1) is 0 Å². The second-order valence-electron chi connectivity index (χ2n) is 6.20. The molecule has 2 fully saturated rings. The van der Waals surface area contributed by atoms with Crippen molar-refractivity contribution >= 4 is 0 Å². The maximum Gasteiger partial charge on any atom is 0.00965 e. The van der Waals surface area contributed by atoms with E-state index < -0.39 is 0 Å². The largest absolute Gasteiger partial charge is 0.330 e. The summed E-state index contributed by atoms with van der Waals surface area (Å²) in [6.07, 6.45) is 8.36. The smallest absolute Gasteiger partial charge is 0.00965 e. The van der Waals surface area contributed by atoms with Crippen LogP contribution in [0.1, 0.15) is 52.4 Å². The Morgan fingerprint density at radius 2 is 2.06 bits per heavy atom. The molecule has 0 amide bonds. The lowest BCUT2D eigenvalue weighted by Gasteiger charge is -2.42. The molecule has 2 aliphatic carbocycles. The van der Waals surface area contributed by atoms with Crippen molar-refractivity contribution in [3.8, 4) is 0 Å². The third kappa shape index (κ3) is 2.78. The Kier molecular flexibility index (Phi) is 3.91. The summed E-state index contributed by atoms with van der Waals surface area (Å²) in [6, 6.07) is 0.894. The van der Waals surface area contributed by atoms with E-state index >= 15 is 0 Å². The van der Waals surface area contributed by atoms with Gasteiger partial charge in [-0.15, -0.1) is 0 Å². The zero-order valence-electron chi connectivity index (χ0n) is 11.0. The minimum absolute atomic E-state index is 0.441. The van der Waals surface area contributed by atoms with Crippen molar-refractivity contribution in [2.75, 3.05) is 19.6 Å². The standard InChI is InChI=1S/C14H28N2/c1-3-16(13-6-7-13)11-14(10-15)8-4-5-12(2)9-14/h12-13H,3-11,15H2,1-2H3. The molecule has 0 bridgehead atoms. The molecule has 2 heteroatoms. The molecule has 2 atom stereocenters. The first kappa shape index (κ1) is 12.4. The van der Waals surface area contributed by atoms with Crippen molar-refractivity contribution in [1.29, 1.82) is 0 Å². The third-order valence-electron chi connectivity index (χ3n) is 4.63. The number of hydrogen-bond donors (Lipinski definition) is 1. The second kappa shape index (κ2) is 5.05. The van der Waals surface area contributed by atoms with Gasteiger partial charge in [0.15, 0.2) is 0 Å². The summed E-state index contributed by atoms with van der Waals surface area (Å²) in [7, 11) is 0. The molecule has 0 radical (unpaired) electrons. The molecule has 2 saturated carbocycles. The summed E-state index contributed by atoms with van der Waals surface area (Å²) in [4.78, 5) is 2.69. The first-order valence-corrected chi connectivity index (χ1v) is 7.13. The van der Waals surface area contributed by atoms with Gasteiger partial charge in [-0.1, -0.05) is 26.7 Å². The number of hydrogen-bond acceptors (Lipinski definition) is 2. The Morgan fingerprint density at radius 1 is 1.31 bits per heavy atom. The third-order valence-corrected chi connectivity index (χ3v) is 4.63. The molecule has 0 aromatic heterocycles. The Bertz CT molecular complexity index is 225. The van der Waals surface area contributed by atoms with Gasteiger partial charge in [0.2, 0.25) is 0 Å². The molecule has 0 aromatic carbocycles. The van der Waals surface area contributed by atoms with Crippen LogP contribution in [0.3, 0.4) is 0 Å². The van der Waals surface area contributed by atoms with E-state index in [2.05, 4.69) is 18.7 Å². The van der Waals surface area contributed by atoms with E-state index in [-0.39, 0.29) is 0 Å². The van der Waals surface area contributed by atoms with Crippen LogP contribution >= 0.6 is 0 Å². The highest BCUT2D eigenvalue weighted by atomic mass is 15.2. The topological polar surface area (TPSA) is 29.3 Å². The van der Waals surface area contributed by atoms with Crippen LogP contribution in [-0.2, 0) is 0 Å². The predicted octanol–water partition coefficient (Wildman–Crippen LogP) is 2.63. The molecular formula is C14H28N2. The molecule has 16 heavy (non-hydrogen) atoms. The van der Waals surface area contributed by atoms with Gasteiger partial charge in [0, 0.05) is 12.6 Å². The van der Waals surface area contributed by atoms with Crippen LogP contribution in [-0.4, -0.2) is 30.6 Å². The molecule has 2 rings (SSSR count). The van der Waals surface area contributed by atoms with Crippen LogP contribution < -0.4 is 5.73 Å². The maximum atomic E-state index is 6.10.